The molecule has 0 saturated carbocycles. The lowest BCUT2D eigenvalue weighted by Gasteiger charge is -2.11. The number of carbonyl (C=O) groups is 1. The first-order valence-corrected chi connectivity index (χ1v) is 6.83. The highest BCUT2D eigenvalue weighted by atomic mass is 35.5. The van der Waals surface area contributed by atoms with E-state index in [2.05, 4.69) is 10.3 Å². The number of aryl methyl sites for hydroxylation is 1. The number of aromatic amines is 1. The predicted octanol–water partition coefficient (Wildman–Crippen LogP) is 2.36. The van der Waals surface area contributed by atoms with E-state index in [0.717, 1.165) is 0 Å². The van der Waals surface area contributed by atoms with Crippen molar-refractivity contribution >= 4 is 23.2 Å². The van der Waals surface area contributed by atoms with Crippen molar-refractivity contribution in [2.45, 2.75) is 6.92 Å². The van der Waals surface area contributed by atoms with Crippen molar-refractivity contribution < 1.29 is 14.3 Å². The Balaban J connectivity index is 2.05. The van der Waals surface area contributed by atoms with Gasteiger partial charge in [0.25, 0.3) is 5.91 Å². The maximum atomic E-state index is 11.9. The molecular formula is C15H15ClN2O4. The number of nitrogens with one attached hydrogen (secondary N) is 2. The minimum absolute atomic E-state index is 0.121. The zero-order valence-corrected chi connectivity index (χ0v) is 12.9. The topological polar surface area (TPSA) is 80.4 Å². The second-order valence-electron chi connectivity index (χ2n) is 4.48. The molecule has 0 bridgehead atoms. The molecule has 0 aliphatic carbocycles. The molecule has 0 unspecified atom stereocenters. The van der Waals surface area contributed by atoms with Crippen molar-refractivity contribution in [1.82, 2.24) is 4.98 Å². The molecule has 1 amide bonds. The molecule has 2 rings (SSSR count). The van der Waals surface area contributed by atoms with Gasteiger partial charge in [-0.25, -0.2) is 0 Å². The molecule has 1 aromatic carbocycles. The SMILES string of the molecule is COc1ccc(Cl)cc1NC(=O)COc1c(C)[nH]ccc1=O. The Morgan fingerprint density at radius 3 is 2.82 bits per heavy atom. The fourth-order valence-electron chi connectivity index (χ4n) is 1.85. The van der Waals surface area contributed by atoms with Crippen molar-refractivity contribution in [3.05, 3.63) is 51.4 Å². The van der Waals surface area contributed by atoms with Gasteiger partial charge in [0.1, 0.15) is 5.75 Å². The molecule has 6 nitrogen and oxygen atoms in total. The zero-order valence-electron chi connectivity index (χ0n) is 12.1. The number of anilines is 1. The Hall–Kier alpha value is -2.47. The summed E-state index contributed by atoms with van der Waals surface area (Å²) in [7, 11) is 1.49. The second-order valence-corrected chi connectivity index (χ2v) is 4.91. The lowest BCUT2D eigenvalue weighted by molar-refractivity contribution is -0.118. The third kappa shape index (κ3) is 3.79. The predicted molar refractivity (Wildman–Crippen MR) is 83.9 cm³/mol. The van der Waals surface area contributed by atoms with Crippen molar-refractivity contribution in [3.8, 4) is 11.5 Å². The summed E-state index contributed by atoms with van der Waals surface area (Å²) in [5.74, 6) is 0.172. The number of pyridine rings is 1. The first-order chi connectivity index (χ1) is 10.5. The van der Waals surface area contributed by atoms with Gasteiger partial charge in [-0.2, -0.15) is 0 Å². The van der Waals surface area contributed by atoms with Crippen LogP contribution in [-0.4, -0.2) is 24.6 Å². The maximum Gasteiger partial charge on any atom is 0.262 e. The van der Waals surface area contributed by atoms with Crippen LogP contribution in [0.2, 0.25) is 5.02 Å². The quantitative estimate of drug-likeness (QED) is 0.885. The third-order valence-corrected chi connectivity index (χ3v) is 3.12. The number of H-pyrrole nitrogens is 1. The summed E-state index contributed by atoms with van der Waals surface area (Å²) < 4.78 is 10.4. The molecule has 2 N–H and O–H groups in total. The summed E-state index contributed by atoms with van der Waals surface area (Å²) in [4.78, 5) is 26.4. The normalized spacial score (nSPS) is 10.1. The highest BCUT2D eigenvalue weighted by Gasteiger charge is 2.11. The maximum absolute atomic E-state index is 11.9. The standard InChI is InChI=1S/C15H15ClN2O4/c1-9-15(12(19)5-6-17-9)22-8-14(20)18-11-7-10(16)3-4-13(11)21-2/h3-7H,8H2,1-2H3,(H,17,19)(H,18,20). The van der Waals surface area contributed by atoms with Crippen LogP contribution in [-0.2, 0) is 4.79 Å². The van der Waals surface area contributed by atoms with Gasteiger partial charge in [0, 0.05) is 17.3 Å². The summed E-state index contributed by atoms with van der Waals surface area (Å²) in [6, 6.07) is 6.20. The van der Waals surface area contributed by atoms with E-state index >= 15 is 0 Å². The number of amides is 1. The fraction of sp³-hybridized carbons (Fsp3) is 0.200. The Bertz CT molecular complexity index is 743. The molecule has 0 aliphatic rings. The van der Waals surface area contributed by atoms with Gasteiger partial charge >= 0.3 is 0 Å². The minimum Gasteiger partial charge on any atom is -0.495 e. The van der Waals surface area contributed by atoms with E-state index in [1.807, 2.05) is 0 Å². The van der Waals surface area contributed by atoms with Crippen molar-refractivity contribution in [3.63, 3.8) is 0 Å². The van der Waals surface area contributed by atoms with Gasteiger partial charge in [0.2, 0.25) is 5.43 Å². The van der Waals surface area contributed by atoms with E-state index < -0.39 is 5.91 Å². The van der Waals surface area contributed by atoms with Crippen LogP contribution in [0.1, 0.15) is 5.69 Å². The number of benzene rings is 1. The van der Waals surface area contributed by atoms with Gasteiger partial charge in [0.15, 0.2) is 12.4 Å². The Labute approximate surface area is 132 Å². The molecule has 0 fully saturated rings. The van der Waals surface area contributed by atoms with Crippen LogP contribution < -0.4 is 20.2 Å². The molecule has 116 valence electrons. The minimum atomic E-state index is -0.428. The zero-order chi connectivity index (χ0) is 16.1. The van der Waals surface area contributed by atoms with E-state index in [9.17, 15) is 9.59 Å². The largest absolute Gasteiger partial charge is 0.495 e. The first kappa shape index (κ1) is 15.9. The third-order valence-electron chi connectivity index (χ3n) is 2.88. The first-order valence-electron chi connectivity index (χ1n) is 6.45. The van der Waals surface area contributed by atoms with Crippen LogP contribution in [0.3, 0.4) is 0 Å². The molecule has 1 heterocycles. The number of hydrogen-bond acceptors (Lipinski definition) is 4. The van der Waals surface area contributed by atoms with Gasteiger partial charge in [-0.3, -0.25) is 9.59 Å². The number of methoxy groups -OCH3 is 1. The summed E-state index contributed by atoms with van der Waals surface area (Å²) in [6.45, 7) is 1.39. The number of ether oxygens (including phenoxy) is 2. The molecule has 2 aromatic rings. The summed E-state index contributed by atoms with van der Waals surface area (Å²) in [5, 5.41) is 3.09. The van der Waals surface area contributed by atoms with Crippen molar-refractivity contribution in [1.29, 1.82) is 0 Å². The van der Waals surface area contributed by atoms with Crippen LogP contribution in [0.4, 0.5) is 5.69 Å². The summed E-state index contributed by atoms with van der Waals surface area (Å²) >= 11 is 5.89. The smallest absolute Gasteiger partial charge is 0.262 e. The van der Waals surface area contributed by atoms with Crippen LogP contribution in [0, 0.1) is 6.92 Å². The van der Waals surface area contributed by atoms with Crippen LogP contribution in [0.5, 0.6) is 11.5 Å². The van der Waals surface area contributed by atoms with Gasteiger partial charge < -0.3 is 19.8 Å². The second kappa shape index (κ2) is 7.00. The van der Waals surface area contributed by atoms with Crippen molar-refractivity contribution in [2.75, 3.05) is 19.0 Å². The highest BCUT2D eigenvalue weighted by Crippen LogP contribution is 2.27. The molecule has 0 aliphatic heterocycles. The average Bonchev–Trinajstić information content (AvgIpc) is 2.47. The molecule has 1 aromatic heterocycles. The van der Waals surface area contributed by atoms with Gasteiger partial charge in [0.05, 0.1) is 18.5 Å². The molecular weight excluding hydrogens is 308 g/mol. The molecule has 0 atom stereocenters. The molecule has 0 spiro atoms. The number of rotatable bonds is 5. The van der Waals surface area contributed by atoms with E-state index in [-0.39, 0.29) is 17.8 Å². The summed E-state index contributed by atoms with van der Waals surface area (Å²) in [6.07, 6.45) is 1.52. The van der Waals surface area contributed by atoms with E-state index in [0.29, 0.717) is 22.2 Å². The van der Waals surface area contributed by atoms with Crippen molar-refractivity contribution in [2.24, 2.45) is 0 Å². The monoisotopic (exact) mass is 322 g/mol. The van der Waals surface area contributed by atoms with Crippen LogP contribution >= 0.6 is 11.6 Å². The number of halogens is 1. The van der Waals surface area contributed by atoms with Crippen LogP contribution in [0.15, 0.2) is 35.3 Å². The lowest BCUT2D eigenvalue weighted by Crippen LogP contribution is -2.23. The molecule has 22 heavy (non-hydrogen) atoms. The molecule has 0 saturated heterocycles. The number of aromatic nitrogens is 1. The molecule has 0 radical (unpaired) electrons. The van der Waals surface area contributed by atoms with E-state index in [4.69, 9.17) is 21.1 Å². The Kier molecular flexibility index (Phi) is 5.06. The highest BCUT2D eigenvalue weighted by molar-refractivity contribution is 6.31. The van der Waals surface area contributed by atoms with E-state index in [1.54, 1.807) is 25.1 Å². The number of carbonyl (C=O) groups excluding carboxylic acids is 1. The number of hydrogen-bond donors (Lipinski definition) is 2. The van der Waals surface area contributed by atoms with Gasteiger partial charge in [-0.15, -0.1) is 0 Å². The summed E-state index contributed by atoms with van der Waals surface area (Å²) in [5.41, 5.74) is 0.701. The lowest BCUT2D eigenvalue weighted by atomic mass is 10.3. The Morgan fingerprint density at radius 2 is 2.14 bits per heavy atom. The van der Waals surface area contributed by atoms with E-state index in [1.165, 1.54) is 19.4 Å². The average molecular weight is 323 g/mol. The van der Waals surface area contributed by atoms with Gasteiger partial charge in [-0.05, 0) is 25.1 Å². The molecule has 7 heteroatoms. The Morgan fingerprint density at radius 1 is 1.36 bits per heavy atom. The van der Waals surface area contributed by atoms with Gasteiger partial charge in [-0.1, -0.05) is 11.6 Å². The van der Waals surface area contributed by atoms with Crippen LogP contribution in [0.25, 0.3) is 0 Å². The fourth-order valence-corrected chi connectivity index (χ4v) is 2.02.